The highest BCUT2D eigenvalue weighted by Gasteiger charge is 2.28. The van der Waals surface area contributed by atoms with Gasteiger partial charge in [0, 0.05) is 29.4 Å². The quantitative estimate of drug-likeness (QED) is 0.593. The SMILES string of the molecule is Cc1ccc(N2C(=O)CCN(c3ccc(O)cc3)c3cc(Cl)ccc32)cc1C. The number of anilines is 4. The number of benzene rings is 3. The fraction of sp³-hybridized carbons (Fsp3) is 0.174. The van der Waals surface area contributed by atoms with E-state index in [2.05, 4.69) is 11.8 Å². The summed E-state index contributed by atoms with van der Waals surface area (Å²) in [4.78, 5) is 17.0. The van der Waals surface area contributed by atoms with Crippen LogP contribution in [0.1, 0.15) is 17.5 Å². The van der Waals surface area contributed by atoms with Gasteiger partial charge in [0.2, 0.25) is 5.91 Å². The third-order valence-corrected chi connectivity index (χ3v) is 5.41. The van der Waals surface area contributed by atoms with Gasteiger partial charge in [0.25, 0.3) is 0 Å². The minimum Gasteiger partial charge on any atom is -0.508 e. The number of nitrogens with zero attached hydrogens (tertiary/aromatic N) is 2. The van der Waals surface area contributed by atoms with Gasteiger partial charge in [-0.05, 0) is 79.6 Å². The highest BCUT2D eigenvalue weighted by Crippen LogP contribution is 2.42. The molecule has 4 nitrogen and oxygen atoms in total. The second kappa shape index (κ2) is 7.21. The van der Waals surface area contributed by atoms with Gasteiger partial charge < -0.3 is 10.0 Å². The molecule has 0 radical (unpaired) electrons. The van der Waals surface area contributed by atoms with Crippen molar-refractivity contribution < 1.29 is 9.90 Å². The Bertz CT molecular complexity index is 1050. The summed E-state index contributed by atoms with van der Waals surface area (Å²) in [5.41, 5.74) is 5.74. The smallest absolute Gasteiger partial charge is 0.233 e. The summed E-state index contributed by atoms with van der Waals surface area (Å²) in [5.74, 6) is 0.242. The van der Waals surface area contributed by atoms with Crippen LogP contribution < -0.4 is 9.80 Å². The molecule has 142 valence electrons. The van der Waals surface area contributed by atoms with Crippen molar-refractivity contribution in [3.05, 3.63) is 76.8 Å². The highest BCUT2D eigenvalue weighted by molar-refractivity contribution is 6.31. The van der Waals surface area contributed by atoms with E-state index < -0.39 is 0 Å². The Morgan fingerprint density at radius 2 is 1.57 bits per heavy atom. The molecular weight excluding hydrogens is 372 g/mol. The van der Waals surface area contributed by atoms with Crippen molar-refractivity contribution in [3.8, 4) is 5.75 Å². The van der Waals surface area contributed by atoms with Crippen molar-refractivity contribution in [1.29, 1.82) is 0 Å². The number of aromatic hydroxyl groups is 1. The third kappa shape index (κ3) is 3.32. The third-order valence-electron chi connectivity index (χ3n) is 5.18. The summed E-state index contributed by atoms with van der Waals surface area (Å²) in [6.45, 7) is 4.63. The number of halogens is 1. The molecule has 1 heterocycles. The molecule has 4 rings (SSSR count). The van der Waals surface area contributed by atoms with E-state index in [0.717, 1.165) is 28.3 Å². The van der Waals surface area contributed by atoms with Gasteiger partial charge in [0.05, 0.1) is 11.4 Å². The lowest BCUT2D eigenvalue weighted by Crippen LogP contribution is -2.25. The fourth-order valence-corrected chi connectivity index (χ4v) is 3.69. The van der Waals surface area contributed by atoms with Crippen LogP contribution in [0.25, 0.3) is 0 Å². The normalized spacial score (nSPS) is 14.0. The molecule has 0 fully saturated rings. The molecule has 1 N–H and O–H groups in total. The molecule has 1 amide bonds. The van der Waals surface area contributed by atoms with Gasteiger partial charge in [-0.25, -0.2) is 0 Å². The lowest BCUT2D eigenvalue weighted by molar-refractivity contribution is -0.117. The Hall–Kier alpha value is -2.98. The van der Waals surface area contributed by atoms with E-state index >= 15 is 0 Å². The molecule has 1 aliphatic heterocycles. The molecular formula is C23H21ClN2O2. The van der Waals surface area contributed by atoms with Crippen LogP contribution in [0.4, 0.5) is 22.7 Å². The van der Waals surface area contributed by atoms with Gasteiger partial charge in [0.1, 0.15) is 5.75 Å². The first kappa shape index (κ1) is 18.4. The number of amides is 1. The summed E-state index contributed by atoms with van der Waals surface area (Å²) in [7, 11) is 0. The number of carbonyl (C=O) groups is 1. The van der Waals surface area contributed by atoms with Gasteiger partial charge in [-0.1, -0.05) is 17.7 Å². The van der Waals surface area contributed by atoms with Crippen LogP contribution in [0.2, 0.25) is 5.02 Å². The second-order valence-electron chi connectivity index (χ2n) is 7.05. The first-order chi connectivity index (χ1) is 13.4. The topological polar surface area (TPSA) is 43.8 Å². The summed E-state index contributed by atoms with van der Waals surface area (Å²) in [6, 6.07) is 18.6. The number of phenols is 1. The molecule has 0 saturated carbocycles. The van der Waals surface area contributed by atoms with Crippen molar-refractivity contribution >= 4 is 40.3 Å². The first-order valence-electron chi connectivity index (χ1n) is 9.20. The Labute approximate surface area is 169 Å². The number of phenolic OH excluding ortho intramolecular Hbond substituents is 1. The number of fused-ring (bicyclic) bond motifs is 1. The summed E-state index contributed by atoms with van der Waals surface area (Å²) >= 11 is 6.31. The van der Waals surface area contributed by atoms with Crippen molar-refractivity contribution in [2.75, 3.05) is 16.3 Å². The fourth-order valence-electron chi connectivity index (χ4n) is 3.52. The molecule has 3 aromatic carbocycles. The van der Waals surface area contributed by atoms with Crippen LogP contribution in [0.15, 0.2) is 60.7 Å². The van der Waals surface area contributed by atoms with Crippen LogP contribution in [0, 0.1) is 13.8 Å². The molecule has 0 saturated heterocycles. The van der Waals surface area contributed by atoms with Crippen molar-refractivity contribution in [3.63, 3.8) is 0 Å². The van der Waals surface area contributed by atoms with E-state index in [1.165, 1.54) is 5.56 Å². The average Bonchev–Trinajstić information content (AvgIpc) is 2.81. The predicted molar refractivity (Wildman–Crippen MR) is 114 cm³/mol. The van der Waals surface area contributed by atoms with Crippen LogP contribution in [0.5, 0.6) is 5.75 Å². The molecule has 5 heteroatoms. The lowest BCUT2D eigenvalue weighted by atomic mass is 10.1. The molecule has 0 aliphatic carbocycles. The van der Waals surface area contributed by atoms with E-state index in [0.29, 0.717) is 18.0 Å². The van der Waals surface area contributed by atoms with E-state index in [1.54, 1.807) is 17.0 Å². The Morgan fingerprint density at radius 3 is 2.29 bits per heavy atom. The zero-order valence-electron chi connectivity index (χ0n) is 15.8. The van der Waals surface area contributed by atoms with Crippen LogP contribution >= 0.6 is 11.6 Å². The molecule has 1 aliphatic rings. The molecule has 28 heavy (non-hydrogen) atoms. The number of carbonyl (C=O) groups excluding carboxylic acids is 1. The monoisotopic (exact) mass is 392 g/mol. The number of rotatable bonds is 2. The number of hydrogen-bond acceptors (Lipinski definition) is 3. The highest BCUT2D eigenvalue weighted by atomic mass is 35.5. The second-order valence-corrected chi connectivity index (χ2v) is 7.49. The van der Waals surface area contributed by atoms with E-state index in [9.17, 15) is 9.90 Å². The summed E-state index contributed by atoms with van der Waals surface area (Å²) < 4.78 is 0. The zero-order chi connectivity index (χ0) is 19.8. The Kier molecular flexibility index (Phi) is 4.73. The molecule has 0 unspecified atom stereocenters. The van der Waals surface area contributed by atoms with E-state index in [1.807, 2.05) is 55.5 Å². The minimum atomic E-state index is 0.0353. The molecule has 3 aromatic rings. The van der Waals surface area contributed by atoms with Crippen molar-refractivity contribution in [1.82, 2.24) is 0 Å². The van der Waals surface area contributed by atoms with Crippen LogP contribution in [0.3, 0.4) is 0 Å². The predicted octanol–water partition coefficient (Wildman–Crippen LogP) is 5.87. The maximum absolute atomic E-state index is 13.1. The standard InChI is InChI=1S/C23H21ClN2O2/c1-15-3-5-19(13-16(15)2)26-21-10-4-17(24)14-22(21)25(12-11-23(26)28)18-6-8-20(27)9-7-18/h3-10,13-14,27H,11-12H2,1-2H3. The van der Waals surface area contributed by atoms with Gasteiger partial charge in [-0.3, -0.25) is 9.69 Å². The lowest BCUT2D eigenvalue weighted by Gasteiger charge is -2.27. The van der Waals surface area contributed by atoms with Crippen molar-refractivity contribution in [2.24, 2.45) is 0 Å². The summed E-state index contributed by atoms with van der Waals surface area (Å²) in [5, 5.41) is 10.2. The van der Waals surface area contributed by atoms with Crippen LogP contribution in [-0.4, -0.2) is 17.6 Å². The van der Waals surface area contributed by atoms with Gasteiger partial charge in [0.15, 0.2) is 0 Å². The van der Waals surface area contributed by atoms with Gasteiger partial charge in [-0.2, -0.15) is 0 Å². The average molecular weight is 393 g/mol. The maximum atomic E-state index is 13.1. The van der Waals surface area contributed by atoms with E-state index in [4.69, 9.17) is 11.6 Å². The molecule has 0 atom stereocenters. The molecule has 0 bridgehead atoms. The largest absolute Gasteiger partial charge is 0.508 e. The molecule has 0 spiro atoms. The Balaban J connectivity index is 1.88. The van der Waals surface area contributed by atoms with E-state index in [-0.39, 0.29) is 11.7 Å². The minimum absolute atomic E-state index is 0.0353. The maximum Gasteiger partial charge on any atom is 0.233 e. The van der Waals surface area contributed by atoms with Crippen LogP contribution in [-0.2, 0) is 4.79 Å². The zero-order valence-corrected chi connectivity index (χ0v) is 16.6. The number of hydrogen-bond donors (Lipinski definition) is 1. The Morgan fingerprint density at radius 1 is 0.857 bits per heavy atom. The molecule has 0 aromatic heterocycles. The van der Waals surface area contributed by atoms with Crippen molar-refractivity contribution in [2.45, 2.75) is 20.3 Å². The van der Waals surface area contributed by atoms with Gasteiger partial charge >= 0.3 is 0 Å². The number of aryl methyl sites for hydroxylation is 2. The summed E-state index contributed by atoms with van der Waals surface area (Å²) in [6.07, 6.45) is 0.361. The van der Waals surface area contributed by atoms with Gasteiger partial charge in [-0.15, -0.1) is 0 Å². The first-order valence-corrected chi connectivity index (χ1v) is 9.58.